The molecule has 2 aliphatic rings. The van der Waals surface area contributed by atoms with Crippen LogP contribution in [0.1, 0.15) is 31.2 Å². The molecule has 1 aromatic heterocycles. The standard InChI is InChI=1S/C12H14N2O5/c1-6-4-5-12(14(6)3)9-8(7(2)13-19-9)17-10(15)11(16)18-12/h6H,4-5H2,1-3H3. The highest BCUT2D eigenvalue weighted by Crippen LogP contribution is 2.47. The summed E-state index contributed by atoms with van der Waals surface area (Å²) in [5.41, 5.74) is -0.673. The Labute approximate surface area is 109 Å². The monoisotopic (exact) mass is 266 g/mol. The van der Waals surface area contributed by atoms with Gasteiger partial charge in [-0.1, -0.05) is 5.16 Å². The topological polar surface area (TPSA) is 81.9 Å². The van der Waals surface area contributed by atoms with E-state index in [9.17, 15) is 9.59 Å². The number of fused-ring (bicyclic) bond motifs is 2. The average Bonchev–Trinajstić information content (AvgIpc) is 2.82. The minimum Gasteiger partial charge on any atom is -0.427 e. The second-order valence-electron chi connectivity index (χ2n) is 4.99. The van der Waals surface area contributed by atoms with Gasteiger partial charge in [-0.25, -0.2) is 9.59 Å². The van der Waals surface area contributed by atoms with Crippen LogP contribution in [-0.4, -0.2) is 35.1 Å². The van der Waals surface area contributed by atoms with E-state index in [1.807, 2.05) is 18.9 Å². The van der Waals surface area contributed by atoms with Gasteiger partial charge in [0, 0.05) is 12.5 Å². The molecule has 0 radical (unpaired) electrons. The highest BCUT2D eigenvalue weighted by Gasteiger charge is 2.55. The third kappa shape index (κ3) is 1.51. The van der Waals surface area contributed by atoms with Crippen LogP contribution in [0.2, 0.25) is 0 Å². The lowest BCUT2D eigenvalue weighted by atomic mass is 10.1. The molecule has 102 valence electrons. The van der Waals surface area contributed by atoms with Crippen LogP contribution >= 0.6 is 0 Å². The quantitative estimate of drug-likeness (QED) is 0.505. The third-order valence-corrected chi connectivity index (χ3v) is 3.92. The highest BCUT2D eigenvalue weighted by atomic mass is 16.6. The summed E-state index contributed by atoms with van der Waals surface area (Å²) in [6.45, 7) is 3.66. The van der Waals surface area contributed by atoms with E-state index in [4.69, 9.17) is 14.0 Å². The summed E-state index contributed by atoms with van der Waals surface area (Å²) in [6, 6.07) is 0.194. The van der Waals surface area contributed by atoms with Crippen molar-refractivity contribution in [3.8, 4) is 5.75 Å². The van der Waals surface area contributed by atoms with Crippen LogP contribution in [0, 0.1) is 6.92 Å². The summed E-state index contributed by atoms with van der Waals surface area (Å²) >= 11 is 0. The van der Waals surface area contributed by atoms with Crippen LogP contribution in [0.4, 0.5) is 0 Å². The fourth-order valence-electron chi connectivity index (χ4n) is 2.63. The summed E-state index contributed by atoms with van der Waals surface area (Å²) in [6.07, 6.45) is 1.35. The molecule has 0 N–H and O–H groups in total. The first kappa shape index (κ1) is 12.2. The van der Waals surface area contributed by atoms with E-state index in [-0.39, 0.29) is 17.6 Å². The van der Waals surface area contributed by atoms with Crippen molar-refractivity contribution in [1.82, 2.24) is 10.1 Å². The van der Waals surface area contributed by atoms with Crippen molar-refractivity contribution < 1.29 is 23.6 Å². The van der Waals surface area contributed by atoms with E-state index in [2.05, 4.69) is 5.16 Å². The Hall–Kier alpha value is -1.89. The van der Waals surface area contributed by atoms with E-state index in [1.165, 1.54) is 0 Å². The molecule has 0 amide bonds. The van der Waals surface area contributed by atoms with Gasteiger partial charge in [-0.15, -0.1) is 0 Å². The van der Waals surface area contributed by atoms with Gasteiger partial charge in [-0.2, -0.15) is 0 Å². The van der Waals surface area contributed by atoms with Crippen molar-refractivity contribution in [2.75, 3.05) is 7.05 Å². The van der Waals surface area contributed by atoms with Gasteiger partial charge in [0.05, 0.1) is 0 Å². The molecule has 0 aromatic carbocycles. The van der Waals surface area contributed by atoms with Gasteiger partial charge in [0.25, 0.3) is 0 Å². The maximum Gasteiger partial charge on any atom is 0.423 e. The zero-order valence-electron chi connectivity index (χ0n) is 10.9. The molecule has 1 aromatic rings. The van der Waals surface area contributed by atoms with Crippen LogP contribution in [0.25, 0.3) is 0 Å². The summed E-state index contributed by atoms with van der Waals surface area (Å²) in [5.74, 6) is -1.57. The van der Waals surface area contributed by atoms with E-state index < -0.39 is 17.7 Å². The minimum atomic E-state index is -1.10. The number of esters is 2. The van der Waals surface area contributed by atoms with Gasteiger partial charge in [0.15, 0.2) is 0 Å². The van der Waals surface area contributed by atoms with Crippen molar-refractivity contribution in [2.24, 2.45) is 0 Å². The maximum atomic E-state index is 11.7. The Bertz CT molecular complexity index is 566. The Morgan fingerprint density at radius 2 is 2.11 bits per heavy atom. The molecule has 0 aliphatic carbocycles. The molecule has 7 heteroatoms. The molecule has 7 nitrogen and oxygen atoms in total. The van der Waals surface area contributed by atoms with Gasteiger partial charge < -0.3 is 14.0 Å². The predicted octanol–water partition coefficient (Wildman–Crippen LogP) is 0.712. The lowest BCUT2D eigenvalue weighted by Gasteiger charge is -2.33. The molecule has 1 spiro atoms. The molecule has 2 atom stereocenters. The van der Waals surface area contributed by atoms with Crippen molar-refractivity contribution >= 4 is 11.9 Å². The lowest BCUT2D eigenvalue weighted by molar-refractivity contribution is -0.189. The summed E-state index contributed by atoms with van der Waals surface area (Å²) < 4.78 is 15.7. The zero-order valence-corrected chi connectivity index (χ0v) is 10.9. The van der Waals surface area contributed by atoms with Crippen LogP contribution in [0.3, 0.4) is 0 Å². The fraction of sp³-hybridized carbons (Fsp3) is 0.583. The molecule has 2 unspecified atom stereocenters. The van der Waals surface area contributed by atoms with Crippen LogP contribution in [0.15, 0.2) is 4.52 Å². The molecule has 1 saturated heterocycles. The normalized spacial score (nSPS) is 31.0. The molecule has 1 fully saturated rings. The Morgan fingerprint density at radius 3 is 2.74 bits per heavy atom. The SMILES string of the molecule is Cc1noc2c1OC(=O)C(=O)OC21CCC(C)N1C. The third-order valence-electron chi connectivity index (χ3n) is 3.92. The fourth-order valence-corrected chi connectivity index (χ4v) is 2.63. The Kier molecular flexibility index (Phi) is 2.43. The molecule has 19 heavy (non-hydrogen) atoms. The van der Waals surface area contributed by atoms with Crippen LogP contribution in [0.5, 0.6) is 5.75 Å². The maximum absolute atomic E-state index is 11.7. The number of carbonyl (C=O) groups is 2. The van der Waals surface area contributed by atoms with Gasteiger partial charge in [-0.05, 0) is 27.3 Å². The van der Waals surface area contributed by atoms with E-state index in [0.29, 0.717) is 12.1 Å². The van der Waals surface area contributed by atoms with E-state index in [1.54, 1.807) is 6.92 Å². The summed E-state index contributed by atoms with van der Waals surface area (Å²) in [4.78, 5) is 25.2. The molecule has 3 rings (SSSR count). The summed E-state index contributed by atoms with van der Waals surface area (Å²) in [7, 11) is 1.82. The Morgan fingerprint density at radius 1 is 1.37 bits per heavy atom. The number of aromatic nitrogens is 1. The van der Waals surface area contributed by atoms with Crippen molar-refractivity contribution in [3.63, 3.8) is 0 Å². The largest absolute Gasteiger partial charge is 0.427 e. The van der Waals surface area contributed by atoms with Gasteiger partial charge >= 0.3 is 11.9 Å². The number of hydrogen-bond donors (Lipinski definition) is 0. The highest BCUT2D eigenvalue weighted by molar-refractivity contribution is 6.30. The van der Waals surface area contributed by atoms with Gasteiger partial charge in [0.2, 0.25) is 17.2 Å². The number of nitrogens with zero attached hydrogens (tertiary/aromatic N) is 2. The molecule has 2 aliphatic heterocycles. The van der Waals surface area contributed by atoms with Crippen molar-refractivity contribution in [3.05, 3.63) is 11.5 Å². The number of ether oxygens (including phenoxy) is 2. The predicted molar refractivity (Wildman–Crippen MR) is 61.1 cm³/mol. The average molecular weight is 266 g/mol. The molecule has 0 bridgehead atoms. The first-order valence-corrected chi connectivity index (χ1v) is 6.10. The van der Waals surface area contributed by atoms with Crippen LogP contribution < -0.4 is 4.74 Å². The number of hydrogen-bond acceptors (Lipinski definition) is 7. The second-order valence-corrected chi connectivity index (χ2v) is 4.99. The lowest BCUT2D eigenvalue weighted by Crippen LogP contribution is -2.45. The molecule has 3 heterocycles. The zero-order chi connectivity index (χ0) is 13.8. The van der Waals surface area contributed by atoms with Crippen LogP contribution in [-0.2, 0) is 20.1 Å². The number of rotatable bonds is 0. The van der Waals surface area contributed by atoms with E-state index in [0.717, 1.165) is 6.42 Å². The number of aryl methyl sites for hydroxylation is 1. The molecular weight excluding hydrogens is 252 g/mol. The number of likely N-dealkylation sites (tertiary alicyclic amines) is 1. The second kappa shape index (κ2) is 3.80. The van der Waals surface area contributed by atoms with Gasteiger partial charge in [0.1, 0.15) is 5.69 Å². The summed E-state index contributed by atoms with van der Waals surface area (Å²) in [5, 5.41) is 3.81. The van der Waals surface area contributed by atoms with Crippen molar-refractivity contribution in [1.29, 1.82) is 0 Å². The Balaban J connectivity index is 2.19. The smallest absolute Gasteiger partial charge is 0.423 e. The van der Waals surface area contributed by atoms with Crippen molar-refractivity contribution in [2.45, 2.75) is 38.5 Å². The minimum absolute atomic E-state index is 0.191. The van der Waals surface area contributed by atoms with Gasteiger partial charge in [-0.3, -0.25) is 4.90 Å². The van der Waals surface area contributed by atoms with E-state index >= 15 is 0 Å². The molecular formula is C12H14N2O5. The first-order valence-electron chi connectivity index (χ1n) is 6.10. The number of carbonyl (C=O) groups excluding carboxylic acids is 2. The first-order chi connectivity index (χ1) is 8.95. The molecule has 0 saturated carbocycles.